The Kier molecular flexibility index (Phi) is 4.37. The molecule has 3 heteroatoms. The van der Waals surface area contributed by atoms with E-state index in [0.29, 0.717) is 11.3 Å². The maximum absolute atomic E-state index is 13.7. The number of hydrogen-bond donors (Lipinski definition) is 0. The lowest BCUT2D eigenvalue weighted by molar-refractivity contribution is 0.230. The first-order valence-electron chi connectivity index (χ1n) is 6.35. The molecule has 1 saturated heterocycles. The summed E-state index contributed by atoms with van der Waals surface area (Å²) in [6.45, 7) is 3.23. The fourth-order valence-corrected chi connectivity index (χ4v) is 2.43. The summed E-state index contributed by atoms with van der Waals surface area (Å²) in [4.78, 5) is 2.41. The van der Waals surface area contributed by atoms with Gasteiger partial charge in [-0.3, -0.25) is 0 Å². The molecule has 1 aromatic carbocycles. The Morgan fingerprint density at radius 1 is 1.24 bits per heavy atom. The van der Waals surface area contributed by atoms with Crippen LogP contribution in [0.1, 0.15) is 24.8 Å². The second-order valence-electron chi connectivity index (χ2n) is 4.57. The van der Waals surface area contributed by atoms with Gasteiger partial charge in [-0.15, -0.1) is 0 Å². The zero-order valence-corrected chi connectivity index (χ0v) is 10.4. The lowest BCUT2D eigenvalue weighted by Gasteiger charge is -2.26. The van der Waals surface area contributed by atoms with Crippen molar-refractivity contribution in [2.75, 3.05) is 26.7 Å². The summed E-state index contributed by atoms with van der Waals surface area (Å²) in [6.07, 6.45) is 4.61. The SMILES string of the molecule is COc1cccc(F)c1CCN1CCCCC1. The van der Waals surface area contributed by atoms with E-state index in [0.717, 1.165) is 26.1 Å². The van der Waals surface area contributed by atoms with Gasteiger partial charge in [-0.05, 0) is 44.5 Å². The highest BCUT2D eigenvalue weighted by atomic mass is 19.1. The van der Waals surface area contributed by atoms with Gasteiger partial charge in [-0.25, -0.2) is 4.39 Å². The van der Waals surface area contributed by atoms with Crippen LogP contribution in [0.3, 0.4) is 0 Å². The predicted octanol–water partition coefficient (Wildman–Crippen LogP) is 2.86. The zero-order valence-electron chi connectivity index (χ0n) is 10.4. The minimum atomic E-state index is -0.152. The number of rotatable bonds is 4. The van der Waals surface area contributed by atoms with E-state index in [1.54, 1.807) is 13.2 Å². The molecule has 0 saturated carbocycles. The van der Waals surface area contributed by atoms with Crippen molar-refractivity contribution in [3.05, 3.63) is 29.6 Å². The number of halogens is 1. The Labute approximate surface area is 102 Å². The maximum atomic E-state index is 13.7. The maximum Gasteiger partial charge on any atom is 0.130 e. The number of benzene rings is 1. The molecule has 0 amide bonds. The molecule has 0 aliphatic carbocycles. The van der Waals surface area contributed by atoms with Crippen molar-refractivity contribution in [3.8, 4) is 5.75 Å². The van der Waals surface area contributed by atoms with Crippen molar-refractivity contribution in [1.29, 1.82) is 0 Å². The molecule has 0 radical (unpaired) electrons. The van der Waals surface area contributed by atoms with Crippen LogP contribution in [0.25, 0.3) is 0 Å². The predicted molar refractivity (Wildman–Crippen MR) is 66.9 cm³/mol. The molecule has 0 spiro atoms. The van der Waals surface area contributed by atoms with E-state index in [1.165, 1.54) is 25.3 Å². The van der Waals surface area contributed by atoms with Crippen molar-refractivity contribution >= 4 is 0 Å². The summed E-state index contributed by atoms with van der Waals surface area (Å²) in [5.41, 5.74) is 0.709. The summed E-state index contributed by atoms with van der Waals surface area (Å²) in [5.74, 6) is 0.517. The van der Waals surface area contributed by atoms with E-state index in [4.69, 9.17) is 4.74 Å². The van der Waals surface area contributed by atoms with Crippen molar-refractivity contribution in [3.63, 3.8) is 0 Å². The monoisotopic (exact) mass is 237 g/mol. The highest BCUT2D eigenvalue weighted by Gasteiger charge is 2.13. The molecular weight excluding hydrogens is 217 g/mol. The van der Waals surface area contributed by atoms with Gasteiger partial charge in [0.1, 0.15) is 11.6 Å². The quantitative estimate of drug-likeness (QED) is 0.798. The van der Waals surface area contributed by atoms with E-state index < -0.39 is 0 Å². The van der Waals surface area contributed by atoms with Crippen molar-refractivity contribution in [1.82, 2.24) is 4.90 Å². The third kappa shape index (κ3) is 3.19. The highest BCUT2D eigenvalue weighted by Crippen LogP contribution is 2.22. The molecule has 1 aliphatic rings. The van der Waals surface area contributed by atoms with Gasteiger partial charge in [-0.1, -0.05) is 12.5 Å². The molecule has 0 unspecified atom stereocenters. The summed E-state index contributed by atoms with van der Waals surface area (Å²) in [5, 5.41) is 0. The van der Waals surface area contributed by atoms with E-state index in [9.17, 15) is 4.39 Å². The molecule has 94 valence electrons. The third-order valence-electron chi connectivity index (χ3n) is 3.42. The van der Waals surface area contributed by atoms with Gasteiger partial charge in [-0.2, -0.15) is 0 Å². The minimum Gasteiger partial charge on any atom is -0.496 e. The van der Waals surface area contributed by atoms with Crippen LogP contribution in [0.15, 0.2) is 18.2 Å². The molecular formula is C14H20FNO. The van der Waals surface area contributed by atoms with Crippen LogP contribution in [0.5, 0.6) is 5.75 Å². The standard InChI is InChI=1S/C14H20FNO/c1-17-14-7-5-6-13(15)12(14)8-11-16-9-3-2-4-10-16/h5-7H,2-4,8-11H2,1H3. The van der Waals surface area contributed by atoms with Crippen LogP contribution < -0.4 is 4.74 Å². The van der Waals surface area contributed by atoms with E-state index in [-0.39, 0.29) is 5.82 Å². The van der Waals surface area contributed by atoms with Gasteiger partial charge in [0.2, 0.25) is 0 Å². The van der Waals surface area contributed by atoms with Crippen LogP contribution in [0.2, 0.25) is 0 Å². The average molecular weight is 237 g/mol. The average Bonchev–Trinajstić information content (AvgIpc) is 2.38. The van der Waals surface area contributed by atoms with Gasteiger partial charge in [0.15, 0.2) is 0 Å². The van der Waals surface area contributed by atoms with Gasteiger partial charge in [0.25, 0.3) is 0 Å². The molecule has 1 aromatic rings. The molecule has 0 bridgehead atoms. The highest BCUT2D eigenvalue weighted by molar-refractivity contribution is 5.34. The normalized spacial score (nSPS) is 17.1. The van der Waals surface area contributed by atoms with Gasteiger partial charge < -0.3 is 9.64 Å². The van der Waals surface area contributed by atoms with Crippen LogP contribution >= 0.6 is 0 Å². The van der Waals surface area contributed by atoms with Crippen molar-refractivity contribution < 1.29 is 9.13 Å². The summed E-state index contributed by atoms with van der Waals surface area (Å²) < 4.78 is 18.9. The van der Waals surface area contributed by atoms with Gasteiger partial charge >= 0.3 is 0 Å². The Hall–Kier alpha value is -1.09. The number of hydrogen-bond acceptors (Lipinski definition) is 2. The van der Waals surface area contributed by atoms with Gasteiger partial charge in [0.05, 0.1) is 7.11 Å². The fourth-order valence-electron chi connectivity index (χ4n) is 2.43. The van der Waals surface area contributed by atoms with E-state index >= 15 is 0 Å². The molecule has 1 aliphatic heterocycles. The zero-order chi connectivity index (χ0) is 12.1. The Bertz CT molecular complexity index is 361. The molecule has 1 fully saturated rings. The second kappa shape index (κ2) is 6.01. The number of methoxy groups -OCH3 is 1. The lowest BCUT2D eigenvalue weighted by Crippen LogP contribution is -2.31. The first-order valence-corrected chi connectivity index (χ1v) is 6.35. The number of piperidine rings is 1. The number of nitrogens with zero attached hydrogens (tertiary/aromatic N) is 1. The first kappa shape index (κ1) is 12.4. The van der Waals surface area contributed by atoms with Crippen molar-refractivity contribution in [2.45, 2.75) is 25.7 Å². The topological polar surface area (TPSA) is 12.5 Å². The molecule has 1 heterocycles. The fraction of sp³-hybridized carbons (Fsp3) is 0.571. The van der Waals surface area contributed by atoms with E-state index in [1.807, 2.05) is 6.07 Å². The minimum absolute atomic E-state index is 0.152. The van der Waals surface area contributed by atoms with Crippen molar-refractivity contribution in [2.24, 2.45) is 0 Å². The molecule has 0 N–H and O–H groups in total. The molecule has 17 heavy (non-hydrogen) atoms. The van der Waals surface area contributed by atoms with Crippen LogP contribution in [-0.4, -0.2) is 31.6 Å². The second-order valence-corrected chi connectivity index (χ2v) is 4.57. The van der Waals surface area contributed by atoms with E-state index in [2.05, 4.69) is 4.90 Å². The van der Waals surface area contributed by atoms with Crippen LogP contribution in [0, 0.1) is 5.82 Å². The summed E-state index contributed by atoms with van der Waals surface area (Å²) in [6, 6.07) is 5.03. The largest absolute Gasteiger partial charge is 0.496 e. The van der Waals surface area contributed by atoms with Crippen LogP contribution in [0.4, 0.5) is 4.39 Å². The van der Waals surface area contributed by atoms with Gasteiger partial charge in [0, 0.05) is 12.1 Å². The van der Waals surface area contributed by atoms with Crippen LogP contribution in [-0.2, 0) is 6.42 Å². The summed E-state index contributed by atoms with van der Waals surface area (Å²) in [7, 11) is 1.60. The Balaban J connectivity index is 1.97. The number of likely N-dealkylation sites (tertiary alicyclic amines) is 1. The lowest BCUT2D eigenvalue weighted by atomic mass is 10.1. The Morgan fingerprint density at radius 2 is 2.00 bits per heavy atom. The third-order valence-corrected chi connectivity index (χ3v) is 3.42. The molecule has 0 aromatic heterocycles. The Morgan fingerprint density at radius 3 is 2.71 bits per heavy atom. The molecule has 2 nitrogen and oxygen atoms in total. The summed E-state index contributed by atoms with van der Waals surface area (Å²) >= 11 is 0. The smallest absolute Gasteiger partial charge is 0.130 e. The molecule has 0 atom stereocenters. The number of ether oxygens (including phenoxy) is 1. The molecule has 2 rings (SSSR count). The first-order chi connectivity index (χ1) is 8.31.